The molecule has 1 fully saturated rings. The van der Waals surface area contributed by atoms with E-state index in [2.05, 4.69) is 4.98 Å². The van der Waals surface area contributed by atoms with E-state index in [1.54, 1.807) is 19.1 Å². The van der Waals surface area contributed by atoms with Gasteiger partial charge in [-0.15, -0.1) is 0 Å². The largest absolute Gasteiger partial charge is 0.423 e. The fraction of sp³-hybridized carbons (Fsp3) is 0.172. The molecule has 3 heterocycles. The van der Waals surface area contributed by atoms with Crippen LogP contribution in [-0.2, 0) is 4.74 Å². The third kappa shape index (κ3) is 5.76. The van der Waals surface area contributed by atoms with Crippen molar-refractivity contribution in [2.45, 2.75) is 26.0 Å². The van der Waals surface area contributed by atoms with E-state index in [4.69, 9.17) is 25.8 Å². The van der Waals surface area contributed by atoms with Gasteiger partial charge in [-0.3, -0.25) is 14.2 Å². The van der Waals surface area contributed by atoms with Crippen LogP contribution in [-0.4, -0.2) is 38.6 Å². The van der Waals surface area contributed by atoms with Crippen LogP contribution in [0.25, 0.3) is 0 Å². The molecule has 5 rings (SSSR count). The molecule has 42 heavy (non-hydrogen) atoms. The minimum Gasteiger partial charge on any atom is -0.423 e. The van der Waals surface area contributed by atoms with E-state index in [1.165, 1.54) is 42.6 Å². The molecule has 2 aromatic heterocycles. The average Bonchev–Trinajstić information content (AvgIpc) is 3.51. The van der Waals surface area contributed by atoms with Crippen molar-refractivity contribution in [3.8, 4) is 11.6 Å². The van der Waals surface area contributed by atoms with Crippen LogP contribution in [0.1, 0.15) is 55.7 Å². The van der Waals surface area contributed by atoms with Crippen molar-refractivity contribution in [2.75, 3.05) is 6.61 Å². The number of nitrogens with zero attached hydrogens (tertiary/aromatic N) is 3. The summed E-state index contributed by atoms with van der Waals surface area (Å²) >= 11 is 6.19. The molecular weight excluding hydrogens is 573 g/mol. The number of pyridine rings is 1. The summed E-state index contributed by atoms with van der Waals surface area (Å²) in [6.45, 7) is 2.08. The van der Waals surface area contributed by atoms with Crippen molar-refractivity contribution in [3.63, 3.8) is 0 Å². The lowest BCUT2D eigenvalue weighted by Crippen LogP contribution is -2.46. The number of aromatic nitrogens is 3. The zero-order valence-corrected chi connectivity index (χ0v) is 22.7. The molecule has 1 aliphatic heterocycles. The summed E-state index contributed by atoms with van der Waals surface area (Å²) in [5.74, 6) is -4.35. The van der Waals surface area contributed by atoms with Gasteiger partial charge in [0.2, 0.25) is 11.7 Å². The number of benzene rings is 2. The first-order chi connectivity index (χ1) is 20.1. The molecule has 1 saturated heterocycles. The van der Waals surface area contributed by atoms with Crippen molar-refractivity contribution in [3.05, 3.63) is 121 Å². The Kier molecular flexibility index (Phi) is 8.09. The molecule has 0 radical (unpaired) electrons. The maximum absolute atomic E-state index is 14.4. The minimum absolute atomic E-state index is 0.0207. The van der Waals surface area contributed by atoms with Gasteiger partial charge in [0.05, 0.1) is 22.3 Å². The predicted molar refractivity (Wildman–Crippen MR) is 146 cm³/mol. The summed E-state index contributed by atoms with van der Waals surface area (Å²) in [5.41, 5.74) is -2.07. The van der Waals surface area contributed by atoms with E-state index in [1.807, 2.05) is 0 Å². The van der Waals surface area contributed by atoms with Gasteiger partial charge in [-0.1, -0.05) is 29.8 Å². The smallest absolute Gasteiger partial charge is 0.345 e. The van der Waals surface area contributed by atoms with Crippen LogP contribution < -0.4 is 20.7 Å². The fourth-order valence-corrected chi connectivity index (χ4v) is 4.45. The second-order valence-corrected chi connectivity index (χ2v) is 9.58. The van der Waals surface area contributed by atoms with E-state index in [-0.39, 0.29) is 37.9 Å². The molecule has 0 saturated carbocycles. The normalized spacial score (nSPS) is 14.4. The molecule has 1 aliphatic rings. The van der Waals surface area contributed by atoms with Crippen molar-refractivity contribution in [1.82, 2.24) is 14.1 Å². The summed E-state index contributed by atoms with van der Waals surface area (Å²) in [6, 6.07) is 12.5. The number of aryl methyl sites for hydroxylation is 1. The number of ether oxygens (including phenoxy) is 3. The van der Waals surface area contributed by atoms with Crippen LogP contribution >= 0.6 is 11.6 Å². The third-order valence-corrected chi connectivity index (χ3v) is 6.86. The van der Waals surface area contributed by atoms with Gasteiger partial charge in [0, 0.05) is 24.4 Å². The quantitative estimate of drug-likeness (QED) is 0.304. The number of hydrogen-bond donors (Lipinski definition) is 0. The SMILES string of the molecule is Cc1cccc(C(=O)Oc2ccnc(OC(=O)c3cccc(C(=O)n4c(=O)c(F)cn(C5CCCO5)c4=O)c3)c2)c1Cl. The molecule has 214 valence electrons. The van der Waals surface area contributed by atoms with E-state index < -0.39 is 41.1 Å². The van der Waals surface area contributed by atoms with Gasteiger partial charge in [-0.05, 0) is 55.7 Å². The third-order valence-electron chi connectivity index (χ3n) is 6.36. The summed E-state index contributed by atoms with van der Waals surface area (Å²) in [5, 5.41) is 0.240. The Labute approximate surface area is 241 Å². The number of halogens is 2. The summed E-state index contributed by atoms with van der Waals surface area (Å²) in [6.07, 6.45) is 2.17. The molecule has 2 aromatic carbocycles. The lowest BCUT2D eigenvalue weighted by molar-refractivity contribution is 0.0501. The molecule has 0 N–H and O–H groups in total. The molecule has 0 amide bonds. The molecule has 0 bridgehead atoms. The van der Waals surface area contributed by atoms with E-state index >= 15 is 0 Å². The van der Waals surface area contributed by atoms with Crippen LogP contribution in [0.15, 0.2) is 76.6 Å². The van der Waals surface area contributed by atoms with Gasteiger partial charge >= 0.3 is 17.6 Å². The first-order valence-corrected chi connectivity index (χ1v) is 13.0. The number of carbonyl (C=O) groups excluding carboxylic acids is 3. The van der Waals surface area contributed by atoms with Crippen LogP contribution in [0, 0.1) is 12.7 Å². The topological polar surface area (TPSA) is 136 Å². The molecule has 0 spiro atoms. The highest BCUT2D eigenvalue weighted by Gasteiger charge is 2.26. The number of carbonyl (C=O) groups is 3. The van der Waals surface area contributed by atoms with Gasteiger partial charge in [-0.25, -0.2) is 19.4 Å². The number of esters is 2. The van der Waals surface area contributed by atoms with Gasteiger partial charge in [0.1, 0.15) is 12.0 Å². The first-order valence-electron chi connectivity index (χ1n) is 12.6. The Balaban J connectivity index is 1.35. The molecule has 1 unspecified atom stereocenters. The Morgan fingerprint density at radius 1 is 1.02 bits per heavy atom. The second-order valence-electron chi connectivity index (χ2n) is 9.21. The molecule has 11 nitrogen and oxygen atoms in total. The maximum Gasteiger partial charge on any atom is 0.345 e. The standard InChI is InChI=1S/C29H21ClFN3O8/c1-16-5-2-8-20(24(16)30)28(38)41-19-10-11-32-22(14-19)42-27(37)18-7-3-6-17(13-18)25(35)34-26(36)21(31)15-33(29(34)39)23-9-4-12-40-23/h2-3,5-8,10-11,13-15,23H,4,9,12H2,1H3. The lowest BCUT2D eigenvalue weighted by atomic mass is 10.1. The molecule has 1 atom stereocenters. The molecule has 0 aliphatic carbocycles. The summed E-state index contributed by atoms with van der Waals surface area (Å²) < 4.78 is 31.4. The zero-order chi connectivity index (χ0) is 30.0. The van der Waals surface area contributed by atoms with Gasteiger partial charge in [0.15, 0.2) is 0 Å². The van der Waals surface area contributed by atoms with E-state index in [0.717, 1.165) is 10.6 Å². The van der Waals surface area contributed by atoms with Gasteiger partial charge in [0.25, 0.3) is 11.5 Å². The van der Waals surface area contributed by atoms with E-state index in [9.17, 15) is 28.4 Å². The Morgan fingerprint density at radius 3 is 2.55 bits per heavy atom. The van der Waals surface area contributed by atoms with Crippen molar-refractivity contribution >= 4 is 29.4 Å². The van der Waals surface area contributed by atoms with E-state index in [0.29, 0.717) is 31.2 Å². The first kappa shape index (κ1) is 28.6. The van der Waals surface area contributed by atoms with Crippen LogP contribution in [0.5, 0.6) is 11.6 Å². The highest BCUT2D eigenvalue weighted by molar-refractivity contribution is 6.34. The summed E-state index contributed by atoms with van der Waals surface area (Å²) in [4.78, 5) is 67.9. The molecular formula is C29H21ClFN3O8. The highest BCUT2D eigenvalue weighted by Crippen LogP contribution is 2.24. The predicted octanol–water partition coefficient (Wildman–Crippen LogP) is 3.94. The molecule has 4 aromatic rings. The van der Waals surface area contributed by atoms with Crippen LogP contribution in [0.4, 0.5) is 4.39 Å². The average molecular weight is 594 g/mol. The maximum atomic E-state index is 14.4. The fourth-order valence-electron chi connectivity index (χ4n) is 4.25. The number of hydrogen-bond acceptors (Lipinski definition) is 9. The number of rotatable bonds is 6. The minimum atomic E-state index is -1.44. The van der Waals surface area contributed by atoms with Crippen molar-refractivity contribution in [1.29, 1.82) is 0 Å². The molecule has 13 heteroatoms. The Hall–Kier alpha value is -4.94. The van der Waals surface area contributed by atoms with Crippen molar-refractivity contribution < 1.29 is 33.0 Å². The van der Waals surface area contributed by atoms with Crippen molar-refractivity contribution in [2.24, 2.45) is 0 Å². The Morgan fingerprint density at radius 2 is 1.79 bits per heavy atom. The van der Waals surface area contributed by atoms with Crippen LogP contribution in [0.2, 0.25) is 5.02 Å². The van der Waals surface area contributed by atoms with Crippen LogP contribution in [0.3, 0.4) is 0 Å². The lowest BCUT2D eigenvalue weighted by Gasteiger charge is -2.15. The Bertz CT molecular complexity index is 1850. The van der Waals surface area contributed by atoms with Gasteiger partial charge in [-0.2, -0.15) is 8.96 Å². The summed E-state index contributed by atoms with van der Waals surface area (Å²) in [7, 11) is 0. The second kappa shape index (κ2) is 11.9. The monoisotopic (exact) mass is 593 g/mol. The zero-order valence-electron chi connectivity index (χ0n) is 21.9. The van der Waals surface area contributed by atoms with Gasteiger partial charge < -0.3 is 14.2 Å². The highest BCUT2D eigenvalue weighted by atomic mass is 35.5.